The molecule has 2 N–H and O–H groups in total. The summed E-state index contributed by atoms with van der Waals surface area (Å²) in [6.45, 7) is 3.78. The minimum Gasteiger partial charge on any atom is -0.616 e. The van der Waals surface area contributed by atoms with E-state index < -0.39 is 11.5 Å². The average molecular weight is 374 g/mol. The van der Waals surface area contributed by atoms with Crippen molar-refractivity contribution in [3.63, 3.8) is 0 Å². The number of rotatable bonds is 5. The van der Waals surface area contributed by atoms with Gasteiger partial charge in [-0.05, 0) is 18.1 Å². The maximum atomic E-state index is 12.6. The second-order valence-electron chi connectivity index (χ2n) is 6.12. The maximum Gasteiger partial charge on any atom is 0.409 e. The SMILES string of the molecule is COc1c(C(=O)Nc2nc3ccccc3s2)[nH]c(=O)c(CC(C)C)[n+]1[O-]. The molecule has 0 fully saturated rings. The highest BCUT2D eigenvalue weighted by atomic mass is 32.1. The van der Waals surface area contributed by atoms with Crippen molar-refractivity contribution in [2.45, 2.75) is 20.3 Å². The number of H-pyrrole nitrogens is 1. The van der Waals surface area contributed by atoms with Crippen LogP contribution in [0.1, 0.15) is 30.0 Å². The molecule has 0 unspecified atom stereocenters. The lowest BCUT2D eigenvalue weighted by molar-refractivity contribution is -0.622. The summed E-state index contributed by atoms with van der Waals surface area (Å²) in [4.78, 5) is 31.6. The van der Waals surface area contributed by atoms with Gasteiger partial charge in [-0.3, -0.25) is 14.9 Å². The van der Waals surface area contributed by atoms with E-state index in [1.165, 1.54) is 18.4 Å². The van der Waals surface area contributed by atoms with Crippen LogP contribution in [0.15, 0.2) is 29.1 Å². The van der Waals surface area contributed by atoms with Crippen LogP contribution in [0.2, 0.25) is 0 Å². The smallest absolute Gasteiger partial charge is 0.409 e. The molecule has 3 aromatic rings. The lowest BCUT2D eigenvalue weighted by Gasteiger charge is -2.11. The van der Waals surface area contributed by atoms with Crippen molar-refractivity contribution >= 4 is 32.6 Å². The van der Waals surface area contributed by atoms with Gasteiger partial charge in [-0.15, -0.1) is 4.73 Å². The van der Waals surface area contributed by atoms with Crippen LogP contribution in [0.3, 0.4) is 0 Å². The van der Waals surface area contributed by atoms with Gasteiger partial charge in [0.2, 0.25) is 5.69 Å². The van der Waals surface area contributed by atoms with E-state index in [4.69, 9.17) is 4.74 Å². The van der Waals surface area contributed by atoms with Gasteiger partial charge in [0.15, 0.2) is 5.13 Å². The molecule has 26 heavy (non-hydrogen) atoms. The Labute approximate surface area is 153 Å². The molecule has 136 valence electrons. The predicted molar refractivity (Wildman–Crippen MR) is 98.7 cm³/mol. The van der Waals surface area contributed by atoms with Gasteiger partial charge in [0, 0.05) is 6.42 Å². The number of hydrogen-bond acceptors (Lipinski definition) is 6. The van der Waals surface area contributed by atoms with Crippen LogP contribution in [0.5, 0.6) is 5.88 Å². The number of nitrogens with one attached hydrogen (secondary N) is 2. The number of nitrogens with zero attached hydrogens (tertiary/aromatic N) is 2. The third kappa shape index (κ3) is 3.38. The molecule has 0 saturated carbocycles. The third-order valence-corrected chi connectivity index (χ3v) is 4.63. The van der Waals surface area contributed by atoms with E-state index in [-0.39, 0.29) is 29.6 Å². The molecule has 0 aliphatic carbocycles. The van der Waals surface area contributed by atoms with Crippen molar-refractivity contribution in [1.82, 2.24) is 9.97 Å². The lowest BCUT2D eigenvalue weighted by Crippen LogP contribution is -2.44. The van der Waals surface area contributed by atoms with Gasteiger partial charge in [-0.1, -0.05) is 37.3 Å². The summed E-state index contributed by atoms with van der Waals surface area (Å²) in [7, 11) is 1.27. The second kappa shape index (κ2) is 7.12. The molecule has 0 aliphatic heterocycles. The van der Waals surface area contributed by atoms with Crippen molar-refractivity contribution in [2.24, 2.45) is 5.92 Å². The molecule has 2 heterocycles. The summed E-state index contributed by atoms with van der Waals surface area (Å²) in [5, 5.41) is 15.4. The molecule has 3 rings (SSSR count). The molecule has 0 spiro atoms. The lowest BCUT2D eigenvalue weighted by atomic mass is 10.1. The van der Waals surface area contributed by atoms with Gasteiger partial charge < -0.3 is 14.9 Å². The Morgan fingerprint density at radius 1 is 1.42 bits per heavy atom. The van der Waals surface area contributed by atoms with Crippen LogP contribution in [0, 0.1) is 11.1 Å². The highest BCUT2D eigenvalue weighted by Gasteiger charge is 2.28. The van der Waals surface area contributed by atoms with Crippen molar-refractivity contribution in [3.05, 3.63) is 51.2 Å². The van der Waals surface area contributed by atoms with Crippen molar-refractivity contribution < 1.29 is 14.3 Å². The zero-order valence-electron chi connectivity index (χ0n) is 14.5. The summed E-state index contributed by atoms with van der Waals surface area (Å²) in [5.74, 6) is -0.819. The largest absolute Gasteiger partial charge is 0.616 e. The topological polar surface area (TPSA) is 111 Å². The minimum atomic E-state index is -0.668. The number of benzene rings is 1. The number of anilines is 1. The fourth-order valence-electron chi connectivity index (χ4n) is 2.54. The monoisotopic (exact) mass is 374 g/mol. The number of carbonyl (C=O) groups excluding carboxylic acids is 1. The summed E-state index contributed by atoms with van der Waals surface area (Å²) in [6.07, 6.45) is 0.273. The number of aromatic nitrogens is 3. The van der Waals surface area contributed by atoms with Gasteiger partial charge in [0.1, 0.15) is 0 Å². The number of ether oxygens (including phenoxy) is 1. The number of fused-ring (bicyclic) bond motifs is 1. The van der Waals surface area contributed by atoms with Crippen LogP contribution in [-0.2, 0) is 6.42 Å². The molecule has 1 amide bonds. The molecule has 0 aliphatic rings. The van der Waals surface area contributed by atoms with Gasteiger partial charge in [0.05, 0.1) is 17.3 Å². The first kappa shape index (κ1) is 17.9. The quantitative estimate of drug-likeness (QED) is 0.525. The van der Waals surface area contributed by atoms with Crippen molar-refractivity contribution in [1.29, 1.82) is 0 Å². The molecule has 0 radical (unpaired) electrons. The molecular weight excluding hydrogens is 356 g/mol. The van der Waals surface area contributed by atoms with Crippen molar-refractivity contribution in [2.75, 3.05) is 12.4 Å². The summed E-state index contributed by atoms with van der Waals surface area (Å²) in [5.41, 5.74) is -0.0870. The average Bonchev–Trinajstić information content (AvgIpc) is 3.00. The molecule has 9 heteroatoms. The van der Waals surface area contributed by atoms with Crippen molar-refractivity contribution in [3.8, 4) is 5.88 Å². The highest BCUT2D eigenvalue weighted by molar-refractivity contribution is 7.22. The Balaban J connectivity index is 1.97. The zero-order valence-corrected chi connectivity index (χ0v) is 15.3. The molecule has 2 aromatic heterocycles. The number of hydrogen-bond donors (Lipinski definition) is 2. The van der Waals surface area contributed by atoms with Crippen LogP contribution in [0.25, 0.3) is 10.2 Å². The van der Waals surface area contributed by atoms with E-state index in [9.17, 15) is 14.8 Å². The molecule has 8 nitrogen and oxygen atoms in total. The van der Waals surface area contributed by atoms with Gasteiger partial charge in [-0.2, -0.15) is 0 Å². The Kier molecular flexibility index (Phi) is 4.90. The number of para-hydroxylation sites is 1. The van der Waals surface area contributed by atoms with Crippen LogP contribution in [-0.4, -0.2) is 23.0 Å². The minimum absolute atomic E-state index is 0.00777. The molecule has 0 saturated heterocycles. The second-order valence-corrected chi connectivity index (χ2v) is 7.15. The van der Waals surface area contributed by atoms with Gasteiger partial charge in [-0.25, -0.2) is 4.98 Å². The number of aromatic amines is 1. The first-order chi connectivity index (χ1) is 12.4. The molecule has 0 bridgehead atoms. The highest BCUT2D eigenvalue weighted by Crippen LogP contribution is 2.26. The van der Waals surface area contributed by atoms with Crippen LogP contribution < -0.4 is 20.3 Å². The summed E-state index contributed by atoms with van der Waals surface area (Å²) < 4.78 is 6.37. The van der Waals surface area contributed by atoms with Gasteiger partial charge in [0.25, 0.3) is 11.6 Å². The van der Waals surface area contributed by atoms with E-state index in [0.717, 1.165) is 10.2 Å². The third-order valence-electron chi connectivity index (χ3n) is 3.68. The Hall–Kier alpha value is -2.94. The first-order valence-corrected chi connectivity index (χ1v) is 8.82. The van der Waals surface area contributed by atoms with E-state index in [2.05, 4.69) is 15.3 Å². The van der Waals surface area contributed by atoms with E-state index >= 15 is 0 Å². The molecule has 0 atom stereocenters. The van der Waals surface area contributed by atoms with Crippen LogP contribution >= 0.6 is 11.3 Å². The first-order valence-electron chi connectivity index (χ1n) is 8.00. The fraction of sp³-hybridized carbons (Fsp3) is 0.294. The number of amides is 1. The summed E-state index contributed by atoms with van der Waals surface area (Å²) in [6, 6.07) is 7.44. The number of thiazole rings is 1. The normalized spacial score (nSPS) is 11.1. The molecular formula is C17H18N4O4S. The summed E-state index contributed by atoms with van der Waals surface area (Å²) >= 11 is 1.29. The number of carbonyl (C=O) groups is 1. The van der Waals surface area contributed by atoms with E-state index in [1.54, 1.807) is 0 Å². The standard InChI is InChI=1S/C17H18N4O4S/c1-9(2)8-11-14(22)19-13(16(25-3)21(11)24)15(23)20-17-18-10-6-4-5-7-12(10)26-17/h4-7,9H,8H2,1-3H3,(H,19,22)(H,18,20,23). The molecule has 1 aromatic carbocycles. The number of methoxy groups -OCH3 is 1. The Morgan fingerprint density at radius 2 is 2.15 bits per heavy atom. The van der Waals surface area contributed by atoms with Crippen LogP contribution in [0.4, 0.5) is 5.13 Å². The van der Waals surface area contributed by atoms with E-state index in [1.807, 2.05) is 38.1 Å². The maximum absolute atomic E-state index is 12.6. The zero-order chi connectivity index (χ0) is 18.8. The van der Waals surface area contributed by atoms with E-state index in [0.29, 0.717) is 9.86 Å². The Morgan fingerprint density at radius 3 is 2.81 bits per heavy atom. The fourth-order valence-corrected chi connectivity index (χ4v) is 3.40. The van der Waals surface area contributed by atoms with Gasteiger partial charge >= 0.3 is 11.4 Å². The predicted octanol–water partition coefficient (Wildman–Crippen LogP) is 2.08. The Bertz CT molecular complexity index is 992.